The maximum Gasteiger partial charge on any atom is 0.416 e. The second-order valence-electron chi connectivity index (χ2n) is 5.78. The first kappa shape index (κ1) is 19.6. The molecule has 9 heteroatoms. The van der Waals surface area contributed by atoms with Crippen LogP contribution >= 0.6 is 23.4 Å². The Labute approximate surface area is 162 Å². The molecule has 142 valence electrons. The number of nitrogens with one attached hydrogen (secondary N) is 1. The van der Waals surface area contributed by atoms with Gasteiger partial charge in [-0.15, -0.1) is 23.4 Å². The molecular formula is C18H14ClF3N2O2S. The second-order valence-corrected chi connectivity index (χ2v) is 7.11. The summed E-state index contributed by atoms with van der Waals surface area (Å²) in [6.07, 6.45) is -4.43. The van der Waals surface area contributed by atoms with E-state index >= 15 is 0 Å². The summed E-state index contributed by atoms with van der Waals surface area (Å²) < 4.78 is 38.3. The van der Waals surface area contributed by atoms with E-state index in [1.54, 1.807) is 24.3 Å². The van der Waals surface area contributed by atoms with Crippen molar-refractivity contribution in [2.45, 2.75) is 11.6 Å². The van der Waals surface area contributed by atoms with E-state index in [-0.39, 0.29) is 23.4 Å². The first-order valence-electron chi connectivity index (χ1n) is 7.86. The quantitative estimate of drug-likeness (QED) is 0.740. The molecular weight excluding hydrogens is 401 g/mol. The van der Waals surface area contributed by atoms with Crippen LogP contribution in [-0.4, -0.2) is 23.4 Å². The van der Waals surface area contributed by atoms with Crippen molar-refractivity contribution in [3.8, 4) is 0 Å². The van der Waals surface area contributed by atoms with Crippen molar-refractivity contribution in [1.82, 2.24) is 0 Å². The van der Waals surface area contributed by atoms with Crippen LogP contribution in [0.15, 0.2) is 48.5 Å². The third-order valence-electron chi connectivity index (χ3n) is 3.92. The third-order valence-corrected chi connectivity index (χ3v) is 5.37. The molecule has 0 saturated carbocycles. The Balaban J connectivity index is 1.89. The maximum absolute atomic E-state index is 12.8. The number of halogens is 4. The van der Waals surface area contributed by atoms with E-state index in [1.165, 1.54) is 28.8 Å². The monoisotopic (exact) mass is 414 g/mol. The molecule has 3 rings (SSSR count). The largest absolute Gasteiger partial charge is 0.416 e. The first-order valence-corrected chi connectivity index (χ1v) is 9.44. The molecule has 1 heterocycles. The van der Waals surface area contributed by atoms with Crippen LogP contribution in [0.1, 0.15) is 16.5 Å². The van der Waals surface area contributed by atoms with Crippen LogP contribution in [0.3, 0.4) is 0 Å². The summed E-state index contributed by atoms with van der Waals surface area (Å²) in [5.41, 5.74) is 0.898. The number of carbonyl (C=O) groups excluding carboxylic acids is 2. The van der Waals surface area contributed by atoms with Gasteiger partial charge in [0.1, 0.15) is 11.3 Å². The summed E-state index contributed by atoms with van der Waals surface area (Å²) in [6, 6.07) is 11.4. The standard InChI is InChI=1S/C18H14ClF3N2O2S/c19-9-15(25)23-13-3-1-2-11(8-13)17-24(16(26)10-27-17)14-6-4-12(5-7-14)18(20,21)22/h1-8,17H,9-10H2,(H,23,25)/t17-/m1/s1. The van der Waals surface area contributed by atoms with Crippen LogP contribution in [0.2, 0.25) is 0 Å². The van der Waals surface area contributed by atoms with Crippen molar-refractivity contribution < 1.29 is 22.8 Å². The van der Waals surface area contributed by atoms with E-state index in [0.29, 0.717) is 11.4 Å². The number of alkyl halides is 4. The summed E-state index contributed by atoms with van der Waals surface area (Å²) in [5, 5.41) is 2.24. The summed E-state index contributed by atoms with van der Waals surface area (Å²) in [6.45, 7) is 0. The molecule has 1 saturated heterocycles. The van der Waals surface area contributed by atoms with Gasteiger partial charge < -0.3 is 5.32 Å². The van der Waals surface area contributed by atoms with Gasteiger partial charge in [-0.3, -0.25) is 14.5 Å². The predicted octanol–water partition coefficient (Wildman–Crippen LogP) is 4.66. The Morgan fingerprint density at radius 3 is 2.56 bits per heavy atom. The zero-order valence-corrected chi connectivity index (χ0v) is 15.4. The zero-order valence-electron chi connectivity index (χ0n) is 13.8. The van der Waals surface area contributed by atoms with Crippen molar-refractivity contribution in [2.24, 2.45) is 0 Å². The van der Waals surface area contributed by atoms with Gasteiger partial charge in [-0.25, -0.2) is 0 Å². The van der Waals surface area contributed by atoms with Crippen LogP contribution < -0.4 is 10.2 Å². The Morgan fingerprint density at radius 1 is 1.22 bits per heavy atom. The van der Waals surface area contributed by atoms with Gasteiger partial charge in [0.2, 0.25) is 11.8 Å². The Hall–Kier alpha value is -2.19. The number of anilines is 2. The minimum atomic E-state index is -4.43. The molecule has 1 atom stereocenters. The number of thioether (sulfide) groups is 1. The van der Waals surface area contributed by atoms with E-state index in [2.05, 4.69) is 5.32 Å². The number of nitrogens with zero attached hydrogens (tertiary/aromatic N) is 1. The van der Waals surface area contributed by atoms with Crippen LogP contribution in [0, 0.1) is 0 Å². The predicted molar refractivity (Wildman–Crippen MR) is 99.9 cm³/mol. The highest BCUT2D eigenvalue weighted by Crippen LogP contribution is 2.42. The molecule has 0 unspecified atom stereocenters. The average Bonchev–Trinajstić information content (AvgIpc) is 3.02. The molecule has 1 N–H and O–H groups in total. The van der Waals surface area contributed by atoms with Crippen LogP contribution in [-0.2, 0) is 15.8 Å². The lowest BCUT2D eigenvalue weighted by Crippen LogP contribution is -2.28. The normalized spacial score (nSPS) is 17.3. The van der Waals surface area contributed by atoms with Crippen LogP contribution in [0.5, 0.6) is 0 Å². The lowest BCUT2D eigenvalue weighted by Gasteiger charge is -2.25. The first-order chi connectivity index (χ1) is 12.8. The molecule has 0 spiro atoms. The van der Waals surface area contributed by atoms with Gasteiger partial charge in [0.15, 0.2) is 0 Å². The van der Waals surface area contributed by atoms with Crippen molar-refractivity contribution in [3.63, 3.8) is 0 Å². The lowest BCUT2D eigenvalue weighted by molar-refractivity contribution is -0.137. The smallest absolute Gasteiger partial charge is 0.325 e. The topological polar surface area (TPSA) is 49.4 Å². The number of rotatable bonds is 4. The SMILES string of the molecule is O=C(CCl)Nc1cccc([C@H]2SCC(=O)N2c2ccc(C(F)(F)F)cc2)c1. The van der Waals surface area contributed by atoms with E-state index in [4.69, 9.17) is 11.6 Å². The van der Waals surface area contributed by atoms with Crippen molar-refractivity contribution in [1.29, 1.82) is 0 Å². The molecule has 27 heavy (non-hydrogen) atoms. The van der Waals surface area contributed by atoms with Gasteiger partial charge in [0.05, 0.1) is 11.3 Å². The second kappa shape index (κ2) is 7.82. The Kier molecular flexibility index (Phi) is 5.67. The molecule has 0 radical (unpaired) electrons. The molecule has 0 aliphatic carbocycles. The van der Waals surface area contributed by atoms with Crippen molar-refractivity contribution >= 4 is 46.6 Å². The van der Waals surface area contributed by atoms with E-state index in [0.717, 1.165) is 17.7 Å². The summed E-state index contributed by atoms with van der Waals surface area (Å²) in [5.74, 6) is -0.522. The number of amides is 2. The van der Waals surface area contributed by atoms with Gasteiger partial charge in [0.25, 0.3) is 0 Å². The summed E-state index contributed by atoms with van der Waals surface area (Å²) >= 11 is 6.85. The highest BCUT2D eigenvalue weighted by atomic mass is 35.5. The molecule has 2 aromatic rings. The molecule has 2 aromatic carbocycles. The maximum atomic E-state index is 12.8. The number of hydrogen-bond acceptors (Lipinski definition) is 3. The van der Waals surface area contributed by atoms with E-state index < -0.39 is 17.1 Å². The van der Waals surface area contributed by atoms with Crippen LogP contribution in [0.4, 0.5) is 24.5 Å². The lowest BCUT2D eigenvalue weighted by atomic mass is 10.1. The third kappa shape index (κ3) is 4.39. The molecule has 0 aromatic heterocycles. The summed E-state index contributed by atoms with van der Waals surface area (Å²) in [7, 11) is 0. The Bertz CT molecular complexity index is 858. The van der Waals surface area contributed by atoms with Gasteiger partial charge in [0, 0.05) is 11.4 Å². The molecule has 1 aliphatic rings. The van der Waals surface area contributed by atoms with Gasteiger partial charge in [-0.05, 0) is 42.0 Å². The number of benzene rings is 2. The molecule has 2 amide bonds. The van der Waals surface area contributed by atoms with E-state index in [9.17, 15) is 22.8 Å². The fourth-order valence-electron chi connectivity index (χ4n) is 2.73. The van der Waals surface area contributed by atoms with Crippen LogP contribution in [0.25, 0.3) is 0 Å². The average molecular weight is 415 g/mol. The van der Waals surface area contributed by atoms with Gasteiger partial charge >= 0.3 is 6.18 Å². The Morgan fingerprint density at radius 2 is 1.93 bits per heavy atom. The minimum Gasteiger partial charge on any atom is -0.325 e. The highest BCUT2D eigenvalue weighted by molar-refractivity contribution is 8.00. The number of carbonyl (C=O) groups is 2. The molecule has 4 nitrogen and oxygen atoms in total. The summed E-state index contributed by atoms with van der Waals surface area (Å²) in [4.78, 5) is 25.3. The van der Waals surface area contributed by atoms with Crippen molar-refractivity contribution in [2.75, 3.05) is 21.8 Å². The zero-order chi connectivity index (χ0) is 19.6. The fraction of sp³-hybridized carbons (Fsp3) is 0.222. The van der Waals surface area contributed by atoms with E-state index in [1.807, 2.05) is 0 Å². The fourth-order valence-corrected chi connectivity index (χ4v) is 3.96. The number of hydrogen-bond donors (Lipinski definition) is 1. The van der Waals surface area contributed by atoms with Crippen molar-refractivity contribution in [3.05, 3.63) is 59.7 Å². The van der Waals surface area contributed by atoms with Gasteiger partial charge in [-0.2, -0.15) is 13.2 Å². The molecule has 1 fully saturated rings. The van der Waals surface area contributed by atoms with Gasteiger partial charge in [-0.1, -0.05) is 12.1 Å². The minimum absolute atomic E-state index is 0.182. The molecule has 0 bridgehead atoms. The molecule has 1 aliphatic heterocycles. The highest BCUT2D eigenvalue weighted by Gasteiger charge is 2.35.